The Morgan fingerprint density at radius 2 is 2.15 bits per heavy atom. The summed E-state index contributed by atoms with van der Waals surface area (Å²) in [4.78, 5) is 12.8. The van der Waals surface area contributed by atoms with E-state index in [1.807, 2.05) is 5.38 Å². The summed E-state index contributed by atoms with van der Waals surface area (Å²) in [5.74, 6) is -0.327. The van der Waals surface area contributed by atoms with Crippen molar-refractivity contribution in [3.8, 4) is 0 Å². The fourth-order valence-corrected chi connectivity index (χ4v) is 4.77. The average molecular weight is 379 g/mol. The van der Waals surface area contributed by atoms with Crippen LogP contribution in [0.1, 0.15) is 51.7 Å². The first-order chi connectivity index (χ1) is 12.1. The number of fused-ring (bicyclic) bond motifs is 1. The Kier molecular flexibility index (Phi) is 5.01. The molecule has 0 radical (unpaired) electrons. The zero-order valence-corrected chi connectivity index (χ0v) is 16.3. The van der Waals surface area contributed by atoms with E-state index in [4.69, 9.17) is 0 Å². The Morgan fingerprint density at radius 1 is 1.42 bits per heavy atom. The number of thiophene rings is 1. The van der Waals surface area contributed by atoms with E-state index in [-0.39, 0.29) is 11.2 Å². The molecule has 0 spiro atoms. The SMILES string of the molecule is CC(C)(C)CCC1(C(O)c2csc3ccc(F)cc23)CCN(C(=O)O)C1. The van der Waals surface area contributed by atoms with Gasteiger partial charge >= 0.3 is 6.09 Å². The first kappa shape index (κ1) is 19.1. The van der Waals surface area contributed by atoms with Gasteiger partial charge in [-0.15, -0.1) is 11.3 Å². The van der Waals surface area contributed by atoms with Gasteiger partial charge in [-0.05, 0) is 53.8 Å². The molecule has 1 aliphatic rings. The molecular weight excluding hydrogens is 353 g/mol. The van der Waals surface area contributed by atoms with E-state index in [0.29, 0.717) is 25.1 Å². The van der Waals surface area contributed by atoms with Gasteiger partial charge in [-0.2, -0.15) is 0 Å². The number of carboxylic acid groups (broad SMARTS) is 1. The monoisotopic (exact) mass is 379 g/mol. The maximum absolute atomic E-state index is 13.7. The summed E-state index contributed by atoms with van der Waals surface area (Å²) in [7, 11) is 0. The minimum Gasteiger partial charge on any atom is -0.465 e. The zero-order chi connectivity index (χ0) is 19.1. The molecule has 0 bridgehead atoms. The summed E-state index contributed by atoms with van der Waals surface area (Å²) in [6.07, 6.45) is 0.464. The predicted molar refractivity (Wildman–Crippen MR) is 102 cm³/mol. The van der Waals surface area contributed by atoms with Crippen LogP contribution in [0.15, 0.2) is 23.6 Å². The first-order valence-electron chi connectivity index (χ1n) is 8.94. The number of hydrogen-bond donors (Lipinski definition) is 2. The molecular formula is C20H26FNO3S. The quantitative estimate of drug-likeness (QED) is 0.761. The highest BCUT2D eigenvalue weighted by Gasteiger charge is 2.46. The fraction of sp³-hybridized carbons (Fsp3) is 0.550. The molecule has 1 amide bonds. The Balaban J connectivity index is 1.97. The van der Waals surface area contributed by atoms with Crippen LogP contribution in [0, 0.1) is 16.6 Å². The number of rotatable bonds is 4. The highest BCUT2D eigenvalue weighted by molar-refractivity contribution is 7.17. The number of benzene rings is 1. The van der Waals surface area contributed by atoms with Crippen LogP contribution in [0.5, 0.6) is 0 Å². The molecule has 0 saturated carbocycles. The number of aliphatic hydroxyl groups is 1. The van der Waals surface area contributed by atoms with Gasteiger partial charge < -0.3 is 15.1 Å². The lowest BCUT2D eigenvalue weighted by Gasteiger charge is -2.36. The molecule has 1 aromatic carbocycles. The maximum atomic E-state index is 13.7. The van der Waals surface area contributed by atoms with Crippen molar-refractivity contribution in [2.45, 2.75) is 46.1 Å². The Labute approximate surface area is 157 Å². The summed E-state index contributed by atoms with van der Waals surface area (Å²) in [6.45, 7) is 7.17. The second-order valence-corrected chi connectivity index (χ2v) is 9.52. The molecule has 2 atom stereocenters. The van der Waals surface area contributed by atoms with E-state index in [1.165, 1.54) is 28.4 Å². The van der Waals surface area contributed by atoms with Crippen molar-refractivity contribution in [2.75, 3.05) is 13.1 Å². The van der Waals surface area contributed by atoms with Crippen LogP contribution in [0.4, 0.5) is 9.18 Å². The van der Waals surface area contributed by atoms with Crippen molar-refractivity contribution >= 4 is 27.5 Å². The van der Waals surface area contributed by atoms with Gasteiger partial charge in [-0.1, -0.05) is 20.8 Å². The van der Waals surface area contributed by atoms with E-state index < -0.39 is 17.6 Å². The summed E-state index contributed by atoms with van der Waals surface area (Å²) >= 11 is 1.48. The lowest BCUT2D eigenvalue weighted by atomic mass is 9.71. The molecule has 0 aliphatic carbocycles. The Bertz CT molecular complexity index is 813. The maximum Gasteiger partial charge on any atom is 0.407 e. The van der Waals surface area contributed by atoms with Crippen LogP contribution in [0.25, 0.3) is 10.1 Å². The lowest BCUT2D eigenvalue weighted by Crippen LogP contribution is -2.36. The van der Waals surface area contributed by atoms with E-state index in [0.717, 1.165) is 22.9 Å². The van der Waals surface area contributed by atoms with Crippen LogP contribution in [0.2, 0.25) is 0 Å². The van der Waals surface area contributed by atoms with Crippen molar-refractivity contribution in [3.05, 3.63) is 35.0 Å². The van der Waals surface area contributed by atoms with E-state index >= 15 is 0 Å². The standard InChI is InChI=1S/C20H26FNO3S/c1-19(2,3)6-7-20(8-9-22(12-20)18(24)25)17(23)15-11-26-16-5-4-13(21)10-14(15)16/h4-5,10-11,17,23H,6-9,12H2,1-3H3,(H,24,25). The van der Waals surface area contributed by atoms with Crippen molar-refractivity contribution in [1.29, 1.82) is 0 Å². The Morgan fingerprint density at radius 3 is 2.77 bits per heavy atom. The van der Waals surface area contributed by atoms with E-state index in [2.05, 4.69) is 20.8 Å². The molecule has 6 heteroatoms. The molecule has 2 heterocycles. The molecule has 4 nitrogen and oxygen atoms in total. The highest BCUT2D eigenvalue weighted by atomic mass is 32.1. The smallest absolute Gasteiger partial charge is 0.407 e. The number of amides is 1. The van der Waals surface area contributed by atoms with Gasteiger partial charge in [0.15, 0.2) is 0 Å². The number of carbonyl (C=O) groups is 1. The number of likely N-dealkylation sites (tertiary alicyclic amines) is 1. The van der Waals surface area contributed by atoms with Gasteiger partial charge in [0.2, 0.25) is 0 Å². The van der Waals surface area contributed by atoms with Crippen LogP contribution < -0.4 is 0 Å². The second-order valence-electron chi connectivity index (χ2n) is 8.61. The van der Waals surface area contributed by atoms with Gasteiger partial charge in [-0.3, -0.25) is 0 Å². The van der Waals surface area contributed by atoms with E-state index in [9.17, 15) is 19.4 Å². The minimum absolute atomic E-state index is 0.0895. The third-order valence-corrected chi connectivity index (χ3v) is 6.45. The molecule has 26 heavy (non-hydrogen) atoms. The fourth-order valence-electron chi connectivity index (χ4n) is 3.81. The predicted octanol–water partition coefficient (Wildman–Crippen LogP) is 5.27. The molecule has 2 aromatic rings. The van der Waals surface area contributed by atoms with Crippen LogP contribution in [-0.4, -0.2) is 34.3 Å². The number of aliphatic hydroxyl groups excluding tert-OH is 1. The molecule has 1 fully saturated rings. The van der Waals surface area contributed by atoms with Gasteiger partial charge in [0.05, 0.1) is 6.10 Å². The van der Waals surface area contributed by atoms with Crippen molar-refractivity contribution in [3.63, 3.8) is 0 Å². The van der Waals surface area contributed by atoms with Crippen LogP contribution >= 0.6 is 11.3 Å². The van der Waals surface area contributed by atoms with E-state index in [1.54, 1.807) is 6.07 Å². The molecule has 1 aromatic heterocycles. The number of hydrogen-bond acceptors (Lipinski definition) is 3. The molecule has 2 N–H and O–H groups in total. The van der Waals surface area contributed by atoms with Crippen molar-refractivity contribution in [2.24, 2.45) is 10.8 Å². The van der Waals surface area contributed by atoms with Crippen LogP contribution in [0.3, 0.4) is 0 Å². The van der Waals surface area contributed by atoms with Crippen molar-refractivity contribution in [1.82, 2.24) is 4.90 Å². The molecule has 3 rings (SSSR count). The molecule has 142 valence electrons. The highest BCUT2D eigenvalue weighted by Crippen LogP contribution is 2.49. The number of nitrogens with zero attached hydrogens (tertiary/aromatic N) is 1. The van der Waals surface area contributed by atoms with Gasteiger partial charge in [0, 0.05) is 28.6 Å². The molecule has 1 aliphatic heterocycles. The zero-order valence-electron chi connectivity index (χ0n) is 15.5. The van der Waals surface area contributed by atoms with Gasteiger partial charge in [-0.25, -0.2) is 9.18 Å². The normalized spacial score (nSPS) is 22.1. The number of halogens is 1. The minimum atomic E-state index is -0.948. The van der Waals surface area contributed by atoms with Gasteiger partial charge in [0.1, 0.15) is 5.82 Å². The lowest BCUT2D eigenvalue weighted by molar-refractivity contribution is 0.0164. The molecule has 2 unspecified atom stereocenters. The van der Waals surface area contributed by atoms with Gasteiger partial charge in [0.25, 0.3) is 0 Å². The third-order valence-electron chi connectivity index (χ3n) is 5.47. The summed E-state index contributed by atoms with van der Waals surface area (Å²) < 4.78 is 14.7. The summed E-state index contributed by atoms with van der Waals surface area (Å²) in [5, 5.41) is 23.3. The molecule has 1 saturated heterocycles. The third kappa shape index (κ3) is 3.71. The van der Waals surface area contributed by atoms with Crippen molar-refractivity contribution < 1.29 is 19.4 Å². The topological polar surface area (TPSA) is 60.8 Å². The second kappa shape index (κ2) is 6.82. The average Bonchev–Trinajstić information content (AvgIpc) is 3.16. The first-order valence-corrected chi connectivity index (χ1v) is 9.82. The largest absolute Gasteiger partial charge is 0.465 e. The summed E-state index contributed by atoms with van der Waals surface area (Å²) in [5.41, 5.74) is 0.267. The Hall–Kier alpha value is -1.66. The summed E-state index contributed by atoms with van der Waals surface area (Å²) in [6, 6.07) is 4.61. The van der Waals surface area contributed by atoms with Crippen LogP contribution in [-0.2, 0) is 0 Å².